The van der Waals surface area contributed by atoms with Gasteiger partial charge in [0.1, 0.15) is 11.6 Å². The first kappa shape index (κ1) is 9.21. The molecule has 1 heterocycles. The van der Waals surface area contributed by atoms with E-state index in [9.17, 15) is 9.59 Å². The average molecular weight is 199 g/mol. The lowest BCUT2D eigenvalue weighted by Crippen LogP contribution is -2.37. The molecule has 3 nitrogen and oxygen atoms in total. The highest BCUT2D eigenvalue weighted by Gasteiger charge is 2.34. The lowest BCUT2D eigenvalue weighted by Gasteiger charge is -2.24. The van der Waals surface area contributed by atoms with Crippen molar-refractivity contribution in [2.75, 3.05) is 12.3 Å². The van der Waals surface area contributed by atoms with Crippen molar-refractivity contribution in [3.63, 3.8) is 0 Å². The fourth-order valence-corrected chi connectivity index (χ4v) is 3.16. The normalized spacial score (nSPS) is 35.4. The van der Waals surface area contributed by atoms with E-state index in [1.165, 1.54) is 0 Å². The number of thioether (sulfide) groups is 1. The molecule has 2 atom stereocenters. The van der Waals surface area contributed by atoms with E-state index in [2.05, 4.69) is 5.32 Å². The molecule has 2 fully saturated rings. The summed E-state index contributed by atoms with van der Waals surface area (Å²) in [5.41, 5.74) is 0. The van der Waals surface area contributed by atoms with Crippen LogP contribution in [0.25, 0.3) is 0 Å². The summed E-state index contributed by atoms with van der Waals surface area (Å²) >= 11 is 1.81. The zero-order chi connectivity index (χ0) is 9.26. The van der Waals surface area contributed by atoms with Gasteiger partial charge in [-0.15, -0.1) is 11.8 Å². The molecular weight excluding hydrogens is 186 g/mol. The van der Waals surface area contributed by atoms with Crippen molar-refractivity contribution in [3.05, 3.63) is 0 Å². The number of carbonyl (C=O) groups is 2. The van der Waals surface area contributed by atoms with Crippen molar-refractivity contribution in [1.82, 2.24) is 5.32 Å². The molecule has 0 aromatic rings. The third kappa shape index (κ3) is 1.94. The highest BCUT2D eigenvalue weighted by atomic mass is 32.2. The van der Waals surface area contributed by atoms with Crippen LogP contribution >= 0.6 is 11.8 Å². The molecule has 4 heteroatoms. The summed E-state index contributed by atoms with van der Waals surface area (Å²) < 4.78 is 0. The molecule has 2 unspecified atom stereocenters. The fourth-order valence-electron chi connectivity index (χ4n) is 1.92. The minimum atomic E-state index is 0.0881. The van der Waals surface area contributed by atoms with E-state index in [1.54, 1.807) is 0 Å². The lowest BCUT2D eigenvalue weighted by molar-refractivity contribution is -0.132. The van der Waals surface area contributed by atoms with Crippen LogP contribution in [0.5, 0.6) is 0 Å². The molecule has 1 saturated carbocycles. The monoisotopic (exact) mass is 199 g/mol. The highest BCUT2D eigenvalue weighted by Crippen LogP contribution is 2.29. The lowest BCUT2D eigenvalue weighted by atomic mass is 9.87. The molecule has 0 radical (unpaired) electrons. The summed E-state index contributed by atoms with van der Waals surface area (Å²) in [6.45, 7) is 0.993. The minimum absolute atomic E-state index is 0.0881. The molecule has 1 N–H and O–H groups in total. The smallest absolute Gasteiger partial charge is 0.145 e. The second-order valence-electron chi connectivity index (χ2n) is 3.57. The van der Waals surface area contributed by atoms with Gasteiger partial charge in [-0.2, -0.15) is 0 Å². The fraction of sp³-hybridized carbons (Fsp3) is 0.778. The van der Waals surface area contributed by atoms with Crippen molar-refractivity contribution in [2.45, 2.75) is 24.6 Å². The van der Waals surface area contributed by atoms with Gasteiger partial charge in [0.2, 0.25) is 0 Å². The Bertz CT molecular complexity index is 236. The Morgan fingerprint density at radius 3 is 2.85 bits per heavy atom. The van der Waals surface area contributed by atoms with Gasteiger partial charge < -0.3 is 5.32 Å². The second kappa shape index (κ2) is 3.80. The molecule has 0 spiro atoms. The zero-order valence-electron chi connectivity index (χ0n) is 7.41. The van der Waals surface area contributed by atoms with Gasteiger partial charge in [-0.05, 0) is 6.42 Å². The van der Waals surface area contributed by atoms with E-state index in [4.69, 9.17) is 0 Å². The van der Waals surface area contributed by atoms with Crippen LogP contribution in [0.3, 0.4) is 0 Å². The van der Waals surface area contributed by atoms with Crippen LogP contribution in [0.15, 0.2) is 0 Å². The Kier molecular flexibility index (Phi) is 2.69. The van der Waals surface area contributed by atoms with Crippen molar-refractivity contribution >= 4 is 23.3 Å². The molecule has 72 valence electrons. The Morgan fingerprint density at radius 2 is 2.23 bits per heavy atom. The molecule has 2 aliphatic rings. The quantitative estimate of drug-likeness (QED) is 0.628. The van der Waals surface area contributed by atoms with E-state index < -0.39 is 0 Å². The molecule has 1 aliphatic heterocycles. The molecule has 2 rings (SSSR count). The first-order valence-electron chi connectivity index (χ1n) is 4.67. The molecule has 0 aromatic carbocycles. The van der Waals surface area contributed by atoms with Crippen LogP contribution in [0.4, 0.5) is 0 Å². The number of ketones is 2. The summed E-state index contributed by atoms with van der Waals surface area (Å²) in [5.74, 6) is 1.43. The van der Waals surface area contributed by atoms with E-state index >= 15 is 0 Å². The second-order valence-corrected chi connectivity index (χ2v) is 4.82. The summed E-state index contributed by atoms with van der Waals surface area (Å²) in [6, 6.07) is 0. The summed E-state index contributed by atoms with van der Waals surface area (Å²) in [4.78, 5) is 22.5. The van der Waals surface area contributed by atoms with Crippen LogP contribution in [-0.2, 0) is 9.59 Å². The first-order valence-corrected chi connectivity index (χ1v) is 5.71. The molecule has 1 saturated heterocycles. The number of hydrogen-bond donors (Lipinski definition) is 1. The Labute approximate surface area is 81.6 Å². The van der Waals surface area contributed by atoms with E-state index in [0.717, 1.165) is 18.7 Å². The maximum Gasteiger partial charge on any atom is 0.145 e. The van der Waals surface area contributed by atoms with E-state index in [1.807, 2.05) is 11.8 Å². The van der Waals surface area contributed by atoms with Crippen LogP contribution in [0.1, 0.15) is 19.3 Å². The van der Waals surface area contributed by atoms with Crippen LogP contribution in [0.2, 0.25) is 0 Å². The Hall–Kier alpha value is -0.350. The van der Waals surface area contributed by atoms with E-state index in [0.29, 0.717) is 6.42 Å². The van der Waals surface area contributed by atoms with Crippen molar-refractivity contribution in [1.29, 1.82) is 0 Å². The Morgan fingerprint density at radius 1 is 1.38 bits per heavy atom. The van der Waals surface area contributed by atoms with Gasteiger partial charge in [-0.25, -0.2) is 0 Å². The van der Waals surface area contributed by atoms with Crippen LogP contribution < -0.4 is 5.32 Å². The zero-order valence-corrected chi connectivity index (χ0v) is 8.23. The summed E-state index contributed by atoms with van der Waals surface area (Å²) in [6.07, 6.45) is 1.51. The third-order valence-corrected chi connectivity index (χ3v) is 3.92. The van der Waals surface area contributed by atoms with E-state index in [-0.39, 0.29) is 29.3 Å². The van der Waals surface area contributed by atoms with Gasteiger partial charge in [0.05, 0.1) is 11.8 Å². The molecule has 0 bridgehead atoms. The third-order valence-electron chi connectivity index (χ3n) is 2.63. The molecule has 1 aliphatic carbocycles. The van der Waals surface area contributed by atoms with Gasteiger partial charge in [0.25, 0.3) is 0 Å². The highest BCUT2D eigenvalue weighted by molar-refractivity contribution is 8.00. The average Bonchev–Trinajstić information content (AvgIpc) is 2.56. The largest absolute Gasteiger partial charge is 0.304 e. The summed E-state index contributed by atoms with van der Waals surface area (Å²) in [7, 11) is 0. The number of rotatable bonds is 1. The van der Waals surface area contributed by atoms with Crippen LogP contribution in [-0.4, -0.2) is 29.2 Å². The SMILES string of the molecule is O=C1CCC(C2NCCS2)C(=O)C1. The standard InChI is InChI=1S/C9H13NO2S/c11-6-1-2-7(8(12)5-6)9-10-3-4-13-9/h7,9-10H,1-5H2. The maximum atomic E-state index is 11.5. The van der Waals surface area contributed by atoms with Gasteiger partial charge in [0.15, 0.2) is 0 Å². The van der Waals surface area contributed by atoms with Gasteiger partial charge in [-0.1, -0.05) is 0 Å². The van der Waals surface area contributed by atoms with Crippen LogP contribution in [0, 0.1) is 5.92 Å². The number of Topliss-reactive ketones (excluding diaryl/α,β-unsaturated/α-hetero) is 2. The van der Waals surface area contributed by atoms with Crippen molar-refractivity contribution < 1.29 is 9.59 Å². The summed E-state index contributed by atoms with van der Waals surface area (Å²) in [5, 5.41) is 3.58. The predicted octanol–water partition coefficient (Wildman–Crippen LogP) is 0.587. The molecule has 0 aromatic heterocycles. The van der Waals surface area contributed by atoms with Gasteiger partial charge >= 0.3 is 0 Å². The number of carbonyl (C=O) groups excluding carboxylic acids is 2. The number of nitrogens with one attached hydrogen (secondary N) is 1. The van der Waals surface area contributed by atoms with Gasteiger partial charge in [-0.3, -0.25) is 9.59 Å². The molecule has 0 amide bonds. The minimum Gasteiger partial charge on any atom is -0.304 e. The number of hydrogen-bond acceptors (Lipinski definition) is 4. The molecular formula is C9H13NO2S. The van der Waals surface area contributed by atoms with Gasteiger partial charge in [0, 0.05) is 24.6 Å². The van der Waals surface area contributed by atoms with Crippen molar-refractivity contribution in [2.24, 2.45) is 5.92 Å². The molecule has 13 heavy (non-hydrogen) atoms. The topological polar surface area (TPSA) is 46.2 Å². The Balaban J connectivity index is 1.98. The predicted molar refractivity (Wildman–Crippen MR) is 51.6 cm³/mol. The van der Waals surface area contributed by atoms with Crippen molar-refractivity contribution in [3.8, 4) is 0 Å². The first-order chi connectivity index (χ1) is 6.27. The maximum absolute atomic E-state index is 11.5.